The van der Waals surface area contributed by atoms with Crippen molar-refractivity contribution in [1.82, 2.24) is 15.1 Å². The molecule has 2 rings (SSSR count). The molecule has 1 aliphatic heterocycles. The molecule has 0 radical (unpaired) electrons. The second-order valence-corrected chi connectivity index (χ2v) is 6.02. The number of likely N-dealkylation sites (N-methyl/N-ethyl adjacent to an activating group) is 2. The van der Waals surface area contributed by atoms with Crippen LogP contribution in [-0.2, 0) is 4.79 Å². The first-order valence-electron chi connectivity index (χ1n) is 6.98. The molecule has 1 aromatic rings. The minimum Gasteiger partial charge on any atom is -0.343 e. The van der Waals surface area contributed by atoms with Crippen LogP contribution in [0.25, 0.3) is 0 Å². The highest BCUT2D eigenvalue weighted by atomic mass is 35.5. The Hall–Kier alpha value is -1.24. The SMILES string of the molecule is CNCCN(C)C(=O)C1CSCN1C(=O)c1ccccc1.Cl. The number of carbonyl (C=O) groups is 2. The number of benzene rings is 1. The predicted octanol–water partition coefficient (Wildman–Crippen LogP) is 1.30. The van der Waals surface area contributed by atoms with Crippen molar-refractivity contribution in [3.05, 3.63) is 35.9 Å². The van der Waals surface area contributed by atoms with Crippen LogP contribution in [0.2, 0.25) is 0 Å². The Kier molecular flexibility index (Phi) is 7.72. The average molecular weight is 344 g/mol. The molecule has 1 heterocycles. The number of nitrogens with zero attached hydrogens (tertiary/aromatic N) is 2. The highest BCUT2D eigenvalue weighted by Gasteiger charge is 2.36. The van der Waals surface area contributed by atoms with Crippen molar-refractivity contribution < 1.29 is 9.59 Å². The minimum atomic E-state index is -0.357. The van der Waals surface area contributed by atoms with Gasteiger partial charge in [-0.1, -0.05) is 18.2 Å². The maximum absolute atomic E-state index is 12.5. The molecular weight excluding hydrogens is 322 g/mol. The zero-order chi connectivity index (χ0) is 15.2. The third-order valence-electron chi connectivity index (χ3n) is 3.52. The molecule has 1 fully saturated rings. The van der Waals surface area contributed by atoms with Crippen molar-refractivity contribution in [2.45, 2.75) is 6.04 Å². The highest BCUT2D eigenvalue weighted by Crippen LogP contribution is 2.24. The largest absolute Gasteiger partial charge is 0.343 e. The average Bonchev–Trinajstić information content (AvgIpc) is 3.01. The fraction of sp³-hybridized carbons (Fsp3) is 0.467. The molecule has 1 aliphatic rings. The minimum absolute atomic E-state index is 0. The van der Waals surface area contributed by atoms with Crippen LogP contribution in [0.5, 0.6) is 0 Å². The molecule has 0 aromatic heterocycles. The lowest BCUT2D eigenvalue weighted by Crippen LogP contribution is -2.48. The second-order valence-electron chi connectivity index (χ2n) is 5.02. The molecule has 2 amide bonds. The second kappa shape index (κ2) is 9.02. The zero-order valence-electron chi connectivity index (χ0n) is 12.8. The van der Waals surface area contributed by atoms with Gasteiger partial charge in [-0.05, 0) is 19.2 Å². The Morgan fingerprint density at radius 3 is 2.68 bits per heavy atom. The summed E-state index contributed by atoms with van der Waals surface area (Å²) >= 11 is 1.62. The summed E-state index contributed by atoms with van der Waals surface area (Å²) in [6.07, 6.45) is 0. The summed E-state index contributed by atoms with van der Waals surface area (Å²) < 4.78 is 0. The standard InChI is InChI=1S/C15H21N3O2S.ClH/c1-16-8-9-17(2)15(20)13-10-21-11-18(13)14(19)12-6-4-3-5-7-12;/h3-7,13,16H,8-11H2,1-2H3;1H. The Morgan fingerprint density at radius 1 is 1.36 bits per heavy atom. The molecule has 122 valence electrons. The van der Waals surface area contributed by atoms with Crippen LogP contribution in [0.1, 0.15) is 10.4 Å². The molecule has 1 N–H and O–H groups in total. The lowest BCUT2D eigenvalue weighted by Gasteiger charge is -2.27. The van der Waals surface area contributed by atoms with E-state index in [0.29, 0.717) is 23.7 Å². The topological polar surface area (TPSA) is 52.7 Å². The van der Waals surface area contributed by atoms with Gasteiger partial charge in [-0.2, -0.15) is 0 Å². The van der Waals surface area contributed by atoms with Crippen molar-refractivity contribution in [1.29, 1.82) is 0 Å². The normalized spacial score (nSPS) is 17.0. The van der Waals surface area contributed by atoms with Crippen molar-refractivity contribution in [2.75, 3.05) is 38.8 Å². The number of nitrogens with one attached hydrogen (secondary N) is 1. The molecule has 1 saturated heterocycles. The Morgan fingerprint density at radius 2 is 2.05 bits per heavy atom. The van der Waals surface area contributed by atoms with Crippen molar-refractivity contribution >= 4 is 36.0 Å². The molecule has 7 heteroatoms. The smallest absolute Gasteiger partial charge is 0.255 e. The summed E-state index contributed by atoms with van der Waals surface area (Å²) in [4.78, 5) is 28.4. The molecule has 5 nitrogen and oxygen atoms in total. The number of hydrogen-bond donors (Lipinski definition) is 1. The summed E-state index contributed by atoms with van der Waals surface area (Å²) in [6, 6.07) is 8.78. The van der Waals surface area contributed by atoms with Crippen LogP contribution in [0, 0.1) is 0 Å². The molecule has 0 saturated carbocycles. The van der Waals surface area contributed by atoms with Gasteiger partial charge in [-0.15, -0.1) is 24.2 Å². The van der Waals surface area contributed by atoms with Gasteiger partial charge in [-0.3, -0.25) is 9.59 Å². The maximum Gasteiger partial charge on any atom is 0.255 e. The number of halogens is 1. The summed E-state index contributed by atoms with van der Waals surface area (Å²) in [7, 11) is 3.64. The van der Waals surface area contributed by atoms with E-state index in [1.54, 1.807) is 40.7 Å². The van der Waals surface area contributed by atoms with E-state index in [1.165, 1.54) is 0 Å². The summed E-state index contributed by atoms with van der Waals surface area (Å²) in [5.74, 6) is 1.19. The van der Waals surface area contributed by atoms with E-state index < -0.39 is 0 Å². The van der Waals surface area contributed by atoms with Crippen LogP contribution in [0.4, 0.5) is 0 Å². The number of thioether (sulfide) groups is 1. The van der Waals surface area contributed by atoms with E-state index in [0.717, 1.165) is 6.54 Å². The molecule has 1 atom stereocenters. The van der Waals surface area contributed by atoms with Gasteiger partial charge in [-0.25, -0.2) is 0 Å². The van der Waals surface area contributed by atoms with Gasteiger partial charge in [0.05, 0.1) is 5.88 Å². The Labute approximate surface area is 141 Å². The van der Waals surface area contributed by atoms with E-state index in [-0.39, 0.29) is 30.3 Å². The quantitative estimate of drug-likeness (QED) is 0.875. The van der Waals surface area contributed by atoms with Crippen molar-refractivity contribution in [3.63, 3.8) is 0 Å². The molecule has 0 spiro atoms. The molecule has 0 bridgehead atoms. The summed E-state index contributed by atoms with van der Waals surface area (Å²) in [5.41, 5.74) is 0.635. The van der Waals surface area contributed by atoms with Gasteiger partial charge in [0.15, 0.2) is 0 Å². The number of amides is 2. The van der Waals surface area contributed by atoms with Crippen molar-refractivity contribution in [2.24, 2.45) is 0 Å². The van der Waals surface area contributed by atoms with Crippen LogP contribution >= 0.6 is 24.2 Å². The van der Waals surface area contributed by atoms with E-state index in [4.69, 9.17) is 0 Å². The molecule has 0 aliphatic carbocycles. The molecule has 1 aromatic carbocycles. The zero-order valence-corrected chi connectivity index (χ0v) is 14.5. The summed E-state index contributed by atoms with van der Waals surface area (Å²) in [5, 5.41) is 3.02. The first kappa shape index (κ1) is 18.8. The lowest BCUT2D eigenvalue weighted by atomic mass is 10.1. The maximum atomic E-state index is 12.5. The van der Waals surface area contributed by atoms with Gasteiger partial charge in [0.25, 0.3) is 5.91 Å². The van der Waals surface area contributed by atoms with Gasteiger partial charge >= 0.3 is 0 Å². The van der Waals surface area contributed by atoms with E-state index >= 15 is 0 Å². The van der Waals surface area contributed by atoms with Crippen molar-refractivity contribution in [3.8, 4) is 0 Å². The third kappa shape index (κ3) is 4.38. The van der Waals surface area contributed by atoms with Gasteiger partial charge in [0.1, 0.15) is 6.04 Å². The number of carbonyl (C=O) groups excluding carboxylic acids is 2. The van der Waals surface area contributed by atoms with E-state index in [2.05, 4.69) is 5.32 Å². The molecular formula is C15H22ClN3O2S. The Bertz CT molecular complexity index is 501. The van der Waals surface area contributed by atoms with Crippen LogP contribution < -0.4 is 5.32 Å². The summed E-state index contributed by atoms with van der Waals surface area (Å²) in [6.45, 7) is 1.39. The third-order valence-corrected chi connectivity index (χ3v) is 4.53. The number of rotatable bonds is 5. The number of hydrogen-bond acceptors (Lipinski definition) is 4. The van der Waals surface area contributed by atoms with Gasteiger partial charge < -0.3 is 15.1 Å². The van der Waals surface area contributed by atoms with Crippen LogP contribution in [0.3, 0.4) is 0 Å². The fourth-order valence-electron chi connectivity index (χ4n) is 2.24. The first-order chi connectivity index (χ1) is 10.1. The van der Waals surface area contributed by atoms with E-state index in [9.17, 15) is 9.59 Å². The van der Waals surface area contributed by atoms with Crippen LogP contribution in [-0.4, -0.2) is 66.5 Å². The lowest BCUT2D eigenvalue weighted by molar-refractivity contribution is -0.133. The van der Waals surface area contributed by atoms with Gasteiger partial charge in [0.2, 0.25) is 5.91 Å². The molecule has 22 heavy (non-hydrogen) atoms. The van der Waals surface area contributed by atoms with Crippen LogP contribution in [0.15, 0.2) is 30.3 Å². The highest BCUT2D eigenvalue weighted by molar-refractivity contribution is 7.99. The first-order valence-corrected chi connectivity index (χ1v) is 8.14. The van der Waals surface area contributed by atoms with Gasteiger partial charge in [0, 0.05) is 31.5 Å². The fourth-order valence-corrected chi connectivity index (χ4v) is 3.38. The Balaban J connectivity index is 0.00000242. The van der Waals surface area contributed by atoms with E-state index in [1.807, 2.05) is 25.2 Å². The predicted molar refractivity (Wildman–Crippen MR) is 92.5 cm³/mol. The molecule has 1 unspecified atom stereocenters. The monoisotopic (exact) mass is 343 g/mol.